The van der Waals surface area contributed by atoms with Gasteiger partial charge in [-0.3, -0.25) is 4.79 Å². The van der Waals surface area contributed by atoms with E-state index in [0.717, 1.165) is 12.8 Å². The summed E-state index contributed by atoms with van der Waals surface area (Å²) >= 11 is 0. The summed E-state index contributed by atoms with van der Waals surface area (Å²) < 4.78 is 0. The predicted molar refractivity (Wildman–Crippen MR) is 72.2 cm³/mol. The number of carbonyl (C=O) groups is 1. The Labute approximate surface area is 103 Å². The van der Waals surface area contributed by atoms with Gasteiger partial charge in [0.05, 0.1) is 0 Å². The highest BCUT2D eigenvalue weighted by atomic mass is 16.1. The summed E-state index contributed by atoms with van der Waals surface area (Å²) in [5.74, 6) is 0.116. The minimum Gasteiger partial charge on any atom is -0.366 e. The molecule has 0 saturated heterocycles. The maximum absolute atomic E-state index is 10.5. The van der Waals surface area contributed by atoms with E-state index in [2.05, 4.69) is 31.2 Å². The van der Waals surface area contributed by atoms with Crippen molar-refractivity contribution in [3.63, 3.8) is 0 Å². The van der Waals surface area contributed by atoms with Gasteiger partial charge in [0.25, 0.3) is 0 Å². The van der Waals surface area contributed by atoms with Crippen LogP contribution >= 0.6 is 0 Å². The number of nitrogens with two attached hydrogens (primary N) is 1. The number of hydrogen-bond donors (Lipinski definition) is 1. The standard InChI is InChI=1S/C15H19NO/c1-13(7-5-6-10-15(16)17)11-12-14-8-3-2-4-9-14/h2-4,6,8-13H,5,7H2,1H3,(H2,16,17)/b10-6+,12-11+. The number of rotatable bonds is 6. The summed E-state index contributed by atoms with van der Waals surface area (Å²) in [6, 6.07) is 10.2. The first-order chi connectivity index (χ1) is 8.18. The summed E-state index contributed by atoms with van der Waals surface area (Å²) in [4.78, 5) is 10.5. The highest BCUT2D eigenvalue weighted by molar-refractivity contribution is 5.85. The molecule has 0 aliphatic rings. The molecule has 1 aromatic rings. The van der Waals surface area contributed by atoms with E-state index in [9.17, 15) is 4.79 Å². The number of allylic oxidation sites excluding steroid dienone is 2. The van der Waals surface area contributed by atoms with Gasteiger partial charge in [-0.15, -0.1) is 0 Å². The zero-order chi connectivity index (χ0) is 12.5. The van der Waals surface area contributed by atoms with Crippen molar-refractivity contribution in [1.82, 2.24) is 0 Å². The first kappa shape index (κ1) is 13.2. The van der Waals surface area contributed by atoms with Gasteiger partial charge < -0.3 is 5.73 Å². The maximum Gasteiger partial charge on any atom is 0.241 e. The van der Waals surface area contributed by atoms with Crippen LogP contribution in [0, 0.1) is 5.92 Å². The van der Waals surface area contributed by atoms with E-state index in [0.29, 0.717) is 5.92 Å². The van der Waals surface area contributed by atoms with Crippen molar-refractivity contribution < 1.29 is 4.79 Å². The van der Waals surface area contributed by atoms with Crippen LogP contribution in [0.3, 0.4) is 0 Å². The predicted octanol–water partition coefficient (Wildman–Crippen LogP) is 3.16. The molecule has 0 saturated carbocycles. The monoisotopic (exact) mass is 229 g/mol. The molecule has 0 fully saturated rings. The number of carbonyl (C=O) groups excluding carboxylic acids is 1. The first-order valence-corrected chi connectivity index (χ1v) is 5.87. The number of primary amides is 1. The summed E-state index contributed by atoms with van der Waals surface area (Å²) in [7, 11) is 0. The van der Waals surface area contributed by atoms with Crippen LogP contribution in [0.2, 0.25) is 0 Å². The Kier molecular flexibility index (Phi) is 5.80. The van der Waals surface area contributed by atoms with Crippen LogP contribution in [0.25, 0.3) is 6.08 Å². The van der Waals surface area contributed by atoms with E-state index >= 15 is 0 Å². The third-order valence-electron chi connectivity index (χ3n) is 2.49. The molecule has 0 bridgehead atoms. The van der Waals surface area contributed by atoms with E-state index in [1.807, 2.05) is 24.3 Å². The van der Waals surface area contributed by atoms with E-state index in [1.54, 1.807) is 0 Å². The van der Waals surface area contributed by atoms with Gasteiger partial charge in [-0.05, 0) is 30.4 Å². The van der Waals surface area contributed by atoms with Crippen LogP contribution in [-0.4, -0.2) is 5.91 Å². The van der Waals surface area contributed by atoms with Crippen LogP contribution in [0.15, 0.2) is 48.6 Å². The molecule has 0 aliphatic heterocycles. The number of hydrogen-bond acceptors (Lipinski definition) is 1. The first-order valence-electron chi connectivity index (χ1n) is 5.87. The second-order valence-electron chi connectivity index (χ2n) is 4.13. The Morgan fingerprint density at radius 1 is 1.35 bits per heavy atom. The molecule has 0 aliphatic carbocycles. The molecule has 0 heterocycles. The zero-order valence-electron chi connectivity index (χ0n) is 10.2. The van der Waals surface area contributed by atoms with Gasteiger partial charge in [0, 0.05) is 0 Å². The average Bonchev–Trinajstić information content (AvgIpc) is 2.33. The van der Waals surface area contributed by atoms with Gasteiger partial charge >= 0.3 is 0 Å². The molecule has 0 spiro atoms. The summed E-state index contributed by atoms with van der Waals surface area (Å²) in [6.07, 6.45) is 9.47. The fourth-order valence-electron chi connectivity index (χ4n) is 1.49. The van der Waals surface area contributed by atoms with Crippen LogP contribution in [0.5, 0.6) is 0 Å². The van der Waals surface area contributed by atoms with Crippen LogP contribution in [0.4, 0.5) is 0 Å². The minimum absolute atomic E-state index is 0.377. The Morgan fingerprint density at radius 2 is 2.06 bits per heavy atom. The Balaban J connectivity index is 2.32. The van der Waals surface area contributed by atoms with E-state index < -0.39 is 0 Å². The number of benzene rings is 1. The maximum atomic E-state index is 10.5. The smallest absolute Gasteiger partial charge is 0.241 e. The van der Waals surface area contributed by atoms with Crippen LogP contribution in [-0.2, 0) is 4.79 Å². The fourth-order valence-corrected chi connectivity index (χ4v) is 1.49. The van der Waals surface area contributed by atoms with Crippen molar-refractivity contribution in [1.29, 1.82) is 0 Å². The van der Waals surface area contributed by atoms with Crippen molar-refractivity contribution in [2.45, 2.75) is 19.8 Å². The summed E-state index contributed by atoms with van der Waals surface area (Å²) in [6.45, 7) is 2.16. The topological polar surface area (TPSA) is 43.1 Å². The SMILES string of the molecule is CC(/C=C/c1ccccc1)CC/C=C/C(N)=O. The van der Waals surface area contributed by atoms with Gasteiger partial charge in [0.1, 0.15) is 0 Å². The summed E-state index contributed by atoms with van der Waals surface area (Å²) in [5.41, 5.74) is 6.22. The minimum atomic E-state index is -0.377. The third kappa shape index (κ3) is 6.36. The Hall–Kier alpha value is -1.83. The van der Waals surface area contributed by atoms with Gasteiger partial charge in [0.2, 0.25) is 5.91 Å². The Bertz CT molecular complexity index is 393. The highest BCUT2D eigenvalue weighted by Gasteiger charge is 1.95. The molecule has 1 rings (SSSR count). The van der Waals surface area contributed by atoms with Crippen LogP contribution in [0.1, 0.15) is 25.3 Å². The largest absolute Gasteiger partial charge is 0.366 e. The molecular formula is C15H19NO. The molecule has 2 nitrogen and oxygen atoms in total. The molecule has 0 aromatic heterocycles. The second kappa shape index (κ2) is 7.44. The second-order valence-corrected chi connectivity index (χ2v) is 4.13. The fraction of sp³-hybridized carbons (Fsp3) is 0.267. The summed E-state index contributed by atoms with van der Waals surface area (Å²) in [5, 5.41) is 0. The lowest BCUT2D eigenvalue weighted by Crippen LogP contribution is -2.05. The quantitative estimate of drug-likeness (QED) is 0.748. The van der Waals surface area contributed by atoms with Crippen molar-refractivity contribution in [2.24, 2.45) is 11.7 Å². The van der Waals surface area contributed by atoms with Gasteiger partial charge in [-0.1, -0.05) is 55.5 Å². The molecule has 2 heteroatoms. The van der Waals surface area contributed by atoms with E-state index in [1.165, 1.54) is 11.6 Å². The molecule has 1 unspecified atom stereocenters. The van der Waals surface area contributed by atoms with Crippen molar-refractivity contribution in [3.05, 3.63) is 54.1 Å². The molecule has 90 valence electrons. The van der Waals surface area contributed by atoms with Crippen LogP contribution < -0.4 is 5.73 Å². The van der Waals surface area contributed by atoms with E-state index in [-0.39, 0.29) is 5.91 Å². The van der Waals surface area contributed by atoms with E-state index in [4.69, 9.17) is 5.73 Å². The molecule has 1 aromatic carbocycles. The van der Waals surface area contributed by atoms with Crippen molar-refractivity contribution in [3.8, 4) is 0 Å². The molecule has 0 radical (unpaired) electrons. The third-order valence-corrected chi connectivity index (χ3v) is 2.49. The van der Waals surface area contributed by atoms with Crippen molar-refractivity contribution >= 4 is 12.0 Å². The lowest BCUT2D eigenvalue weighted by molar-refractivity contribution is -0.113. The lowest BCUT2D eigenvalue weighted by Gasteiger charge is -2.02. The molecule has 2 N–H and O–H groups in total. The van der Waals surface area contributed by atoms with Gasteiger partial charge in [-0.25, -0.2) is 0 Å². The normalized spacial score (nSPS) is 13.2. The zero-order valence-corrected chi connectivity index (χ0v) is 10.2. The molecule has 1 amide bonds. The number of amides is 1. The highest BCUT2D eigenvalue weighted by Crippen LogP contribution is 2.10. The van der Waals surface area contributed by atoms with Gasteiger partial charge in [0.15, 0.2) is 0 Å². The molecular weight excluding hydrogens is 210 g/mol. The lowest BCUT2D eigenvalue weighted by atomic mass is 10.0. The molecule has 17 heavy (non-hydrogen) atoms. The van der Waals surface area contributed by atoms with Gasteiger partial charge in [-0.2, -0.15) is 0 Å². The Morgan fingerprint density at radius 3 is 2.71 bits per heavy atom. The molecule has 1 atom stereocenters. The van der Waals surface area contributed by atoms with Crippen molar-refractivity contribution in [2.75, 3.05) is 0 Å². The average molecular weight is 229 g/mol.